The van der Waals surface area contributed by atoms with Crippen LogP contribution in [0.5, 0.6) is 0 Å². The van der Waals surface area contributed by atoms with Crippen molar-refractivity contribution in [2.75, 3.05) is 30.5 Å². The van der Waals surface area contributed by atoms with Crippen LogP contribution in [0.1, 0.15) is 76.3 Å². The molecular weight excluding hydrogens is 400 g/mol. The second-order valence-electron chi connectivity index (χ2n) is 9.67. The normalized spacial score (nSPS) is 24.8. The predicted octanol–water partition coefficient (Wildman–Crippen LogP) is 5.55. The molecule has 2 N–H and O–H groups in total. The van der Waals surface area contributed by atoms with Crippen LogP contribution >= 0.6 is 0 Å². The van der Waals surface area contributed by atoms with Gasteiger partial charge in [-0.2, -0.15) is 0 Å². The van der Waals surface area contributed by atoms with E-state index in [9.17, 15) is 0 Å². The van der Waals surface area contributed by atoms with Crippen molar-refractivity contribution in [1.82, 2.24) is 9.97 Å². The molecule has 0 saturated carbocycles. The van der Waals surface area contributed by atoms with Crippen LogP contribution in [0.2, 0.25) is 0 Å². The number of ether oxygens (including phenoxy) is 2. The van der Waals surface area contributed by atoms with Crippen LogP contribution in [0.3, 0.4) is 0 Å². The first-order valence-corrected chi connectivity index (χ1v) is 12.2. The van der Waals surface area contributed by atoms with Crippen LogP contribution in [-0.2, 0) is 9.47 Å². The average Bonchev–Trinajstić information content (AvgIpc) is 2.80. The molecule has 0 aromatic carbocycles. The van der Waals surface area contributed by atoms with Gasteiger partial charge in [0, 0.05) is 36.9 Å². The smallest absolute Gasteiger partial charge is 0.126 e. The van der Waals surface area contributed by atoms with E-state index in [1.807, 2.05) is 6.07 Å². The molecule has 2 saturated heterocycles. The molecule has 2 fully saturated rings. The van der Waals surface area contributed by atoms with Gasteiger partial charge < -0.3 is 20.1 Å². The first-order valence-electron chi connectivity index (χ1n) is 12.2. The number of nitrogens with one attached hydrogen (secondary N) is 2. The molecule has 4 rings (SSSR count). The lowest BCUT2D eigenvalue weighted by Crippen LogP contribution is -2.29. The van der Waals surface area contributed by atoms with Gasteiger partial charge in [-0.15, -0.1) is 0 Å². The monoisotopic (exact) mass is 438 g/mol. The number of hydrogen-bond acceptors (Lipinski definition) is 6. The Morgan fingerprint density at radius 3 is 2.44 bits per heavy atom. The number of anilines is 2. The van der Waals surface area contributed by atoms with E-state index >= 15 is 0 Å². The lowest BCUT2D eigenvalue weighted by atomic mass is 9.86. The first kappa shape index (κ1) is 23.0. The zero-order valence-corrected chi connectivity index (χ0v) is 19.7. The summed E-state index contributed by atoms with van der Waals surface area (Å²) < 4.78 is 11.9. The third-order valence-electron chi connectivity index (χ3n) is 6.28. The molecule has 2 aromatic rings. The summed E-state index contributed by atoms with van der Waals surface area (Å²) in [5.74, 6) is 2.73. The van der Waals surface area contributed by atoms with Crippen molar-refractivity contribution >= 4 is 11.6 Å². The molecule has 2 aliphatic heterocycles. The summed E-state index contributed by atoms with van der Waals surface area (Å²) in [6.45, 7) is 8.91. The van der Waals surface area contributed by atoms with E-state index in [0.29, 0.717) is 23.9 Å². The van der Waals surface area contributed by atoms with Crippen molar-refractivity contribution in [2.45, 2.75) is 77.0 Å². The molecule has 6 nitrogen and oxygen atoms in total. The van der Waals surface area contributed by atoms with E-state index in [2.05, 4.69) is 61.7 Å². The Morgan fingerprint density at radius 1 is 0.938 bits per heavy atom. The summed E-state index contributed by atoms with van der Waals surface area (Å²) in [4.78, 5) is 9.68. The highest BCUT2D eigenvalue weighted by atomic mass is 16.5. The molecule has 6 heteroatoms. The lowest BCUT2D eigenvalue weighted by molar-refractivity contribution is 0.0124. The zero-order chi connectivity index (χ0) is 22.3. The van der Waals surface area contributed by atoms with Crippen molar-refractivity contribution in [3.8, 4) is 0 Å². The molecule has 2 unspecified atom stereocenters. The summed E-state index contributed by atoms with van der Waals surface area (Å²) in [5, 5.41) is 7.01. The maximum absolute atomic E-state index is 6.00. The van der Waals surface area contributed by atoms with Crippen molar-refractivity contribution in [1.29, 1.82) is 0 Å². The first-order chi connectivity index (χ1) is 15.6. The van der Waals surface area contributed by atoms with Gasteiger partial charge in [-0.05, 0) is 83.1 Å². The Kier molecular flexibility index (Phi) is 7.98. The Balaban J connectivity index is 1.32. The fourth-order valence-electron chi connectivity index (χ4n) is 4.84. The maximum Gasteiger partial charge on any atom is 0.126 e. The van der Waals surface area contributed by atoms with Crippen LogP contribution in [0.25, 0.3) is 0 Å². The third-order valence-corrected chi connectivity index (χ3v) is 6.28. The Bertz CT molecular complexity index is 853. The van der Waals surface area contributed by atoms with Crippen molar-refractivity contribution in [3.63, 3.8) is 0 Å². The second-order valence-corrected chi connectivity index (χ2v) is 9.67. The van der Waals surface area contributed by atoms with E-state index in [-0.39, 0.29) is 6.10 Å². The fourth-order valence-corrected chi connectivity index (χ4v) is 4.84. The number of pyridine rings is 2. The number of nitrogens with zero attached hydrogens (tertiary/aromatic N) is 2. The van der Waals surface area contributed by atoms with Gasteiger partial charge in [0.2, 0.25) is 0 Å². The quantitative estimate of drug-likeness (QED) is 0.563. The molecule has 4 atom stereocenters. The van der Waals surface area contributed by atoms with Crippen LogP contribution in [-0.4, -0.2) is 41.9 Å². The minimum Gasteiger partial charge on any atom is -0.380 e. The molecule has 2 aromatic heterocycles. The van der Waals surface area contributed by atoms with Crippen molar-refractivity contribution in [3.05, 3.63) is 47.8 Å². The molecule has 32 heavy (non-hydrogen) atoms. The van der Waals surface area contributed by atoms with Crippen LogP contribution in [0, 0.1) is 5.92 Å². The third kappa shape index (κ3) is 6.42. The van der Waals surface area contributed by atoms with Gasteiger partial charge in [-0.1, -0.05) is 12.1 Å². The Labute approximate surface area is 192 Å². The fraction of sp³-hybridized carbons (Fsp3) is 0.615. The molecule has 2 aliphatic rings. The van der Waals surface area contributed by atoms with Crippen molar-refractivity contribution in [2.24, 2.45) is 5.92 Å². The van der Waals surface area contributed by atoms with Crippen LogP contribution in [0.4, 0.5) is 11.6 Å². The number of rotatable bonds is 8. The van der Waals surface area contributed by atoms with Gasteiger partial charge in [0.15, 0.2) is 0 Å². The molecule has 0 bridgehead atoms. The minimum atomic E-state index is 0.141. The summed E-state index contributed by atoms with van der Waals surface area (Å²) >= 11 is 0. The van der Waals surface area contributed by atoms with Gasteiger partial charge in [-0.25, -0.2) is 9.97 Å². The summed E-state index contributed by atoms with van der Waals surface area (Å²) in [6, 6.07) is 13.2. The Hall–Kier alpha value is -2.18. The highest BCUT2D eigenvalue weighted by Crippen LogP contribution is 2.31. The van der Waals surface area contributed by atoms with E-state index in [0.717, 1.165) is 68.5 Å². The van der Waals surface area contributed by atoms with Crippen molar-refractivity contribution < 1.29 is 9.47 Å². The van der Waals surface area contributed by atoms with Gasteiger partial charge in [0.1, 0.15) is 11.6 Å². The number of hydrogen-bond donors (Lipinski definition) is 2. The standard InChI is InChI=1S/C26H38N4O2/c1-18(2)27-25-11-6-8-22(29-25)21-15-20(16-31-17-21)14-19(3)28-26-12-7-9-23(30-26)24-10-4-5-13-32-24/h6-9,11-12,18-21,24H,4-5,10,13-17H2,1-3H3,(H,27,29)(H,28,30)/t19?,20?,21-,24+/m0/s1. The van der Waals surface area contributed by atoms with E-state index < -0.39 is 0 Å². The van der Waals surface area contributed by atoms with E-state index in [1.165, 1.54) is 6.42 Å². The lowest BCUT2D eigenvalue weighted by Gasteiger charge is -2.31. The van der Waals surface area contributed by atoms with Gasteiger partial charge >= 0.3 is 0 Å². The summed E-state index contributed by atoms with van der Waals surface area (Å²) in [6.07, 6.45) is 5.73. The highest BCUT2D eigenvalue weighted by molar-refractivity contribution is 5.38. The zero-order valence-electron chi connectivity index (χ0n) is 19.7. The molecule has 174 valence electrons. The summed E-state index contributed by atoms with van der Waals surface area (Å²) in [7, 11) is 0. The topological polar surface area (TPSA) is 68.3 Å². The molecule has 0 radical (unpaired) electrons. The second kappa shape index (κ2) is 11.1. The average molecular weight is 439 g/mol. The van der Waals surface area contributed by atoms with Gasteiger partial charge in [0.05, 0.1) is 18.4 Å². The molecular formula is C26H38N4O2. The molecule has 0 amide bonds. The SMILES string of the molecule is CC(C)Nc1cccc([C@@H]2COCC(CC(C)Nc3cccc([C@H]4CCCCO4)n3)C2)n1. The van der Waals surface area contributed by atoms with Gasteiger partial charge in [0.25, 0.3) is 0 Å². The van der Waals surface area contributed by atoms with E-state index in [4.69, 9.17) is 19.4 Å². The van der Waals surface area contributed by atoms with Crippen LogP contribution in [0.15, 0.2) is 36.4 Å². The largest absolute Gasteiger partial charge is 0.380 e. The molecule has 0 aliphatic carbocycles. The van der Waals surface area contributed by atoms with E-state index in [1.54, 1.807) is 0 Å². The minimum absolute atomic E-state index is 0.141. The van der Waals surface area contributed by atoms with Crippen LogP contribution < -0.4 is 10.6 Å². The summed E-state index contributed by atoms with van der Waals surface area (Å²) in [5.41, 5.74) is 2.17. The molecule has 4 heterocycles. The highest BCUT2D eigenvalue weighted by Gasteiger charge is 2.26. The Morgan fingerprint density at radius 2 is 1.69 bits per heavy atom. The maximum atomic E-state index is 6.00. The van der Waals surface area contributed by atoms with Gasteiger partial charge in [-0.3, -0.25) is 0 Å². The number of aromatic nitrogens is 2. The molecule has 0 spiro atoms. The predicted molar refractivity (Wildman–Crippen MR) is 129 cm³/mol.